The highest BCUT2D eigenvalue weighted by Gasteiger charge is 2.44. The first-order chi connectivity index (χ1) is 12.2. The van der Waals surface area contributed by atoms with Crippen molar-refractivity contribution in [3.8, 4) is 0 Å². The van der Waals surface area contributed by atoms with Crippen molar-refractivity contribution in [3.05, 3.63) is 35.4 Å². The summed E-state index contributed by atoms with van der Waals surface area (Å²) < 4.78 is 6.64. The van der Waals surface area contributed by atoms with Crippen LogP contribution in [0.25, 0.3) is 0 Å². The molecule has 2 aliphatic heterocycles. The lowest BCUT2D eigenvalue weighted by atomic mass is 9.78. The van der Waals surface area contributed by atoms with E-state index in [2.05, 4.69) is 34.5 Å². The van der Waals surface area contributed by atoms with Crippen LogP contribution < -0.4 is 5.32 Å². The molecule has 0 aromatic heterocycles. The summed E-state index contributed by atoms with van der Waals surface area (Å²) in [6.07, 6.45) is 6.23. The van der Waals surface area contributed by atoms with Crippen LogP contribution in [0.1, 0.15) is 50.2 Å². The fraction of sp³-hybridized carbons (Fsp3) is 0.667. The molecule has 2 heterocycles. The first kappa shape index (κ1) is 17.0. The topological polar surface area (TPSA) is 41.6 Å². The third-order valence-corrected chi connectivity index (χ3v) is 6.01. The Morgan fingerprint density at radius 1 is 1.28 bits per heavy atom. The predicted octanol–water partition coefficient (Wildman–Crippen LogP) is 2.86. The summed E-state index contributed by atoms with van der Waals surface area (Å²) in [7, 11) is 0. The minimum absolute atomic E-state index is 0.00330. The van der Waals surface area contributed by atoms with Crippen molar-refractivity contribution in [2.24, 2.45) is 5.92 Å². The van der Waals surface area contributed by atoms with Gasteiger partial charge in [0.2, 0.25) is 5.91 Å². The van der Waals surface area contributed by atoms with Gasteiger partial charge in [0.1, 0.15) is 0 Å². The molecular formula is C21H30N2O2. The van der Waals surface area contributed by atoms with E-state index >= 15 is 0 Å². The van der Waals surface area contributed by atoms with Gasteiger partial charge >= 0.3 is 0 Å². The maximum Gasteiger partial charge on any atom is 0.222 e. The lowest BCUT2D eigenvalue weighted by molar-refractivity contribution is -0.150. The average Bonchev–Trinajstić information content (AvgIpc) is 3.41. The van der Waals surface area contributed by atoms with Gasteiger partial charge in [-0.05, 0) is 56.1 Å². The van der Waals surface area contributed by atoms with Gasteiger partial charge in [-0.3, -0.25) is 4.79 Å². The highest BCUT2D eigenvalue weighted by atomic mass is 16.5. The van der Waals surface area contributed by atoms with Crippen LogP contribution in [0, 0.1) is 5.92 Å². The fourth-order valence-corrected chi connectivity index (χ4v) is 4.55. The third kappa shape index (κ3) is 3.75. The summed E-state index contributed by atoms with van der Waals surface area (Å²) in [5.74, 6) is 1.05. The highest BCUT2D eigenvalue weighted by Crippen LogP contribution is 2.44. The van der Waals surface area contributed by atoms with Crippen LogP contribution in [0.15, 0.2) is 24.3 Å². The number of nitrogens with one attached hydrogen (secondary N) is 1. The number of piperidine rings is 1. The first-order valence-electron chi connectivity index (χ1n) is 9.94. The molecule has 2 fully saturated rings. The SMILES string of the molecule is CCNC(=O)CC1Cc2ccccc2C2(CCN(CC3CC3)CC2)O1. The molecule has 0 bridgehead atoms. The number of carbonyl (C=O) groups is 1. The quantitative estimate of drug-likeness (QED) is 0.895. The molecule has 0 radical (unpaired) electrons. The van der Waals surface area contributed by atoms with E-state index in [1.165, 1.54) is 30.5 Å². The van der Waals surface area contributed by atoms with Gasteiger partial charge < -0.3 is 15.0 Å². The molecule has 1 aromatic carbocycles. The third-order valence-electron chi connectivity index (χ3n) is 6.01. The minimum Gasteiger partial charge on any atom is -0.366 e. The van der Waals surface area contributed by atoms with Crippen molar-refractivity contribution in [1.82, 2.24) is 10.2 Å². The van der Waals surface area contributed by atoms with E-state index in [0.717, 1.165) is 38.3 Å². The minimum atomic E-state index is -0.188. The summed E-state index contributed by atoms with van der Waals surface area (Å²) in [4.78, 5) is 14.7. The predicted molar refractivity (Wildman–Crippen MR) is 98.4 cm³/mol. The molecule has 1 N–H and O–H groups in total. The second-order valence-corrected chi connectivity index (χ2v) is 8.00. The Balaban J connectivity index is 1.50. The zero-order valence-electron chi connectivity index (χ0n) is 15.3. The van der Waals surface area contributed by atoms with Crippen LogP contribution in [-0.2, 0) is 21.6 Å². The normalized spacial score (nSPS) is 25.6. The van der Waals surface area contributed by atoms with E-state index in [1.54, 1.807) is 0 Å². The molecule has 1 amide bonds. The molecule has 1 spiro atoms. The lowest BCUT2D eigenvalue weighted by Crippen LogP contribution is -2.49. The second-order valence-electron chi connectivity index (χ2n) is 8.00. The van der Waals surface area contributed by atoms with Gasteiger partial charge in [-0.1, -0.05) is 24.3 Å². The van der Waals surface area contributed by atoms with E-state index in [-0.39, 0.29) is 17.6 Å². The summed E-state index contributed by atoms with van der Waals surface area (Å²) in [6, 6.07) is 8.71. The standard InChI is InChI=1S/C21H30N2O2/c1-2-22-20(24)14-18-13-17-5-3-4-6-19(17)21(25-18)9-11-23(12-10-21)15-16-7-8-16/h3-6,16,18H,2,7-15H2,1H3,(H,22,24). The highest BCUT2D eigenvalue weighted by molar-refractivity contribution is 5.76. The molecule has 1 unspecified atom stereocenters. The number of nitrogens with zero attached hydrogens (tertiary/aromatic N) is 1. The van der Waals surface area contributed by atoms with Gasteiger partial charge in [-0.15, -0.1) is 0 Å². The molecule has 1 aliphatic carbocycles. The molecule has 136 valence electrons. The summed E-state index contributed by atoms with van der Waals surface area (Å²) in [5, 5.41) is 2.92. The van der Waals surface area contributed by atoms with Crippen molar-refractivity contribution in [1.29, 1.82) is 0 Å². The van der Waals surface area contributed by atoms with Crippen LogP contribution in [0.3, 0.4) is 0 Å². The average molecular weight is 342 g/mol. The molecule has 3 aliphatic rings. The van der Waals surface area contributed by atoms with E-state index in [4.69, 9.17) is 4.74 Å². The van der Waals surface area contributed by atoms with Crippen LogP contribution in [0.2, 0.25) is 0 Å². The number of hydrogen-bond acceptors (Lipinski definition) is 3. The molecule has 4 heteroatoms. The van der Waals surface area contributed by atoms with Gasteiger partial charge in [0.25, 0.3) is 0 Å². The molecular weight excluding hydrogens is 312 g/mol. The Hall–Kier alpha value is -1.39. The van der Waals surface area contributed by atoms with Gasteiger partial charge in [0, 0.05) is 26.2 Å². The van der Waals surface area contributed by atoms with Crippen molar-refractivity contribution in [2.45, 2.75) is 57.2 Å². The maximum absolute atomic E-state index is 12.1. The Bertz CT molecular complexity index is 618. The number of fused-ring (bicyclic) bond motifs is 2. The number of benzene rings is 1. The van der Waals surface area contributed by atoms with Crippen molar-refractivity contribution in [2.75, 3.05) is 26.2 Å². The summed E-state index contributed by atoms with van der Waals surface area (Å²) in [5.41, 5.74) is 2.55. The summed E-state index contributed by atoms with van der Waals surface area (Å²) >= 11 is 0. The van der Waals surface area contributed by atoms with Crippen LogP contribution in [0.4, 0.5) is 0 Å². The molecule has 4 rings (SSSR count). The molecule has 1 saturated heterocycles. The fourth-order valence-electron chi connectivity index (χ4n) is 4.55. The number of hydrogen-bond donors (Lipinski definition) is 1. The van der Waals surface area contributed by atoms with E-state index in [0.29, 0.717) is 13.0 Å². The van der Waals surface area contributed by atoms with Crippen LogP contribution >= 0.6 is 0 Å². The van der Waals surface area contributed by atoms with Gasteiger partial charge in [-0.2, -0.15) is 0 Å². The maximum atomic E-state index is 12.1. The Labute approximate surface area is 150 Å². The second kappa shape index (κ2) is 7.08. The zero-order chi connectivity index (χ0) is 17.3. The largest absolute Gasteiger partial charge is 0.366 e. The van der Waals surface area contributed by atoms with Crippen molar-refractivity contribution < 1.29 is 9.53 Å². The molecule has 1 saturated carbocycles. The van der Waals surface area contributed by atoms with E-state index in [9.17, 15) is 4.79 Å². The van der Waals surface area contributed by atoms with Gasteiger partial charge in [0.05, 0.1) is 18.1 Å². The number of likely N-dealkylation sites (tertiary alicyclic amines) is 1. The Morgan fingerprint density at radius 2 is 2.04 bits per heavy atom. The lowest BCUT2D eigenvalue weighted by Gasteiger charge is -2.47. The Morgan fingerprint density at radius 3 is 2.76 bits per heavy atom. The van der Waals surface area contributed by atoms with Crippen LogP contribution in [-0.4, -0.2) is 43.1 Å². The molecule has 1 atom stereocenters. The monoisotopic (exact) mass is 342 g/mol. The van der Waals surface area contributed by atoms with Crippen molar-refractivity contribution >= 4 is 5.91 Å². The first-order valence-corrected chi connectivity index (χ1v) is 9.94. The number of rotatable bonds is 5. The number of amides is 1. The van der Waals surface area contributed by atoms with Crippen molar-refractivity contribution in [3.63, 3.8) is 0 Å². The van der Waals surface area contributed by atoms with Gasteiger partial charge in [0.15, 0.2) is 0 Å². The molecule has 4 nitrogen and oxygen atoms in total. The molecule has 1 aromatic rings. The zero-order valence-corrected chi connectivity index (χ0v) is 15.3. The number of ether oxygens (including phenoxy) is 1. The van der Waals surface area contributed by atoms with E-state index < -0.39 is 0 Å². The Kier molecular flexibility index (Phi) is 4.83. The van der Waals surface area contributed by atoms with E-state index in [1.807, 2.05) is 6.92 Å². The van der Waals surface area contributed by atoms with Gasteiger partial charge in [-0.25, -0.2) is 0 Å². The summed E-state index contributed by atoms with van der Waals surface area (Å²) in [6.45, 7) is 6.13. The van der Waals surface area contributed by atoms with Crippen LogP contribution in [0.5, 0.6) is 0 Å². The number of carbonyl (C=O) groups excluding carboxylic acids is 1. The molecule has 25 heavy (non-hydrogen) atoms. The smallest absolute Gasteiger partial charge is 0.222 e.